The van der Waals surface area contributed by atoms with Crippen molar-refractivity contribution < 1.29 is 28.1 Å². The van der Waals surface area contributed by atoms with Gasteiger partial charge in [-0.2, -0.15) is 0 Å². The van der Waals surface area contributed by atoms with E-state index in [0.717, 1.165) is 0 Å². The fourth-order valence-electron chi connectivity index (χ4n) is 2.36. The SMILES string of the molecule is CC(=O)OCOC(=O)[C@@H]1N2C(=O)[C@@](Cl)(I)[C@H]2S(=O)C1(C)C. The number of esters is 2. The zero-order chi connectivity index (χ0) is 16.2. The molecule has 0 aliphatic carbocycles. The molecule has 0 spiro atoms. The standard InChI is InChI=1S/C11H13ClINO6S/c1-5(15)19-4-20-7(16)6-10(2,3)21(18)9-11(12,13)8(17)14(6)9/h6,9H,4H2,1-3H3/t6-,9+,11+,21?/m0/s1. The summed E-state index contributed by atoms with van der Waals surface area (Å²) in [7, 11) is -1.52. The Morgan fingerprint density at radius 1 is 1.43 bits per heavy atom. The molecular formula is C11H13ClINO6S. The van der Waals surface area contributed by atoms with Gasteiger partial charge in [0.15, 0.2) is 0 Å². The van der Waals surface area contributed by atoms with E-state index in [9.17, 15) is 18.6 Å². The van der Waals surface area contributed by atoms with Crippen molar-refractivity contribution in [1.82, 2.24) is 4.90 Å². The zero-order valence-electron chi connectivity index (χ0n) is 11.4. The third-order valence-electron chi connectivity index (χ3n) is 3.43. The van der Waals surface area contributed by atoms with Crippen LogP contribution in [0.25, 0.3) is 0 Å². The summed E-state index contributed by atoms with van der Waals surface area (Å²) < 4.78 is 19.5. The second kappa shape index (κ2) is 5.34. The summed E-state index contributed by atoms with van der Waals surface area (Å²) in [5.74, 6) is -1.83. The van der Waals surface area contributed by atoms with Crippen LogP contribution in [0.1, 0.15) is 20.8 Å². The second-order valence-corrected chi connectivity index (χ2v) is 10.2. The Labute approximate surface area is 142 Å². The van der Waals surface area contributed by atoms with Crippen LogP contribution in [0.15, 0.2) is 0 Å². The van der Waals surface area contributed by atoms with E-state index < -0.39 is 54.5 Å². The summed E-state index contributed by atoms with van der Waals surface area (Å²) in [4.78, 5) is 36.0. The fraction of sp³-hybridized carbons (Fsp3) is 0.727. The lowest BCUT2D eigenvalue weighted by atomic mass is 9.98. The lowest BCUT2D eigenvalue weighted by molar-refractivity contribution is -0.174. The molecule has 0 aromatic heterocycles. The van der Waals surface area contributed by atoms with Gasteiger partial charge in [0.25, 0.3) is 5.91 Å². The van der Waals surface area contributed by atoms with Crippen molar-refractivity contribution in [3.8, 4) is 0 Å². The van der Waals surface area contributed by atoms with Crippen molar-refractivity contribution in [2.45, 2.75) is 39.8 Å². The van der Waals surface area contributed by atoms with E-state index in [1.54, 1.807) is 36.4 Å². The van der Waals surface area contributed by atoms with Crippen molar-refractivity contribution in [2.75, 3.05) is 6.79 Å². The van der Waals surface area contributed by atoms with Gasteiger partial charge in [-0.25, -0.2) is 4.79 Å². The van der Waals surface area contributed by atoms with E-state index >= 15 is 0 Å². The number of carbonyl (C=O) groups is 3. The molecule has 0 saturated carbocycles. The lowest BCUT2D eigenvalue weighted by Crippen LogP contribution is -2.69. The van der Waals surface area contributed by atoms with Crippen molar-refractivity contribution in [3.63, 3.8) is 0 Å². The van der Waals surface area contributed by atoms with Crippen LogP contribution >= 0.6 is 34.2 Å². The number of halogens is 2. The maximum Gasteiger partial charge on any atom is 0.333 e. The molecule has 7 nitrogen and oxygen atoms in total. The molecule has 118 valence electrons. The summed E-state index contributed by atoms with van der Waals surface area (Å²) in [6.07, 6.45) is 0. The number of amides is 1. The molecule has 2 aliphatic heterocycles. The molecule has 0 radical (unpaired) electrons. The number of nitrogens with zero attached hydrogens (tertiary/aromatic N) is 1. The average Bonchev–Trinajstić information content (AvgIpc) is 2.55. The van der Waals surface area contributed by atoms with Gasteiger partial charge in [-0.3, -0.25) is 13.8 Å². The Balaban J connectivity index is 2.19. The molecule has 1 unspecified atom stereocenters. The number of alkyl halides is 2. The second-order valence-electron chi connectivity index (χ2n) is 5.21. The average molecular weight is 450 g/mol. The van der Waals surface area contributed by atoms with Gasteiger partial charge in [-0.15, -0.1) is 0 Å². The normalized spacial score (nSPS) is 36.7. The first-order chi connectivity index (χ1) is 9.52. The van der Waals surface area contributed by atoms with Gasteiger partial charge in [0.05, 0.1) is 15.5 Å². The molecule has 2 fully saturated rings. The third kappa shape index (κ3) is 2.46. The molecule has 0 N–H and O–H groups in total. The first-order valence-electron chi connectivity index (χ1n) is 5.94. The maximum absolute atomic E-state index is 12.5. The number of fused-ring (bicyclic) bond motifs is 1. The first-order valence-corrected chi connectivity index (χ1v) is 8.61. The van der Waals surface area contributed by atoms with Crippen molar-refractivity contribution in [3.05, 3.63) is 0 Å². The van der Waals surface area contributed by atoms with E-state index in [0.29, 0.717) is 0 Å². The molecule has 21 heavy (non-hydrogen) atoms. The van der Waals surface area contributed by atoms with Gasteiger partial charge < -0.3 is 14.4 Å². The smallest absolute Gasteiger partial charge is 0.333 e. The number of ether oxygens (including phenoxy) is 2. The van der Waals surface area contributed by atoms with Gasteiger partial charge in [0.1, 0.15) is 11.4 Å². The van der Waals surface area contributed by atoms with Crippen molar-refractivity contribution in [1.29, 1.82) is 0 Å². The van der Waals surface area contributed by atoms with E-state index in [-0.39, 0.29) is 0 Å². The monoisotopic (exact) mass is 449 g/mol. The highest BCUT2D eigenvalue weighted by Gasteiger charge is 2.74. The molecule has 2 heterocycles. The summed E-state index contributed by atoms with van der Waals surface area (Å²) in [6, 6.07) is -1.02. The predicted octanol–water partition coefficient (Wildman–Crippen LogP) is 0.498. The van der Waals surface area contributed by atoms with Crippen LogP contribution < -0.4 is 0 Å². The Bertz CT molecular complexity index is 551. The van der Waals surface area contributed by atoms with Crippen LogP contribution in [0, 0.1) is 0 Å². The Morgan fingerprint density at radius 3 is 2.52 bits per heavy atom. The molecule has 2 aliphatic rings. The number of hydrogen-bond acceptors (Lipinski definition) is 6. The van der Waals surface area contributed by atoms with Crippen molar-refractivity contribution in [2.24, 2.45) is 0 Å². The first kappa shape index (κ1) is 16.9. The minimum absolute atomic E-state index is 0.469. The summed E-state index contributed by atoms with van der Waals surface area (Å²) in [5.41, 5.74) is 0. The van der Waals surface area contributed by atoms with Crippen LogP contribution in [0.3, 0.4) is 0 Å². The highest BCUT2D eigenvalue weighted by atomic mass is 127. The lowest BCUT2D eigenvalue weighted by Gasteiger charge is -2.45. The summed E-state index contributed by atoms with van der Waals surface area (Å²) in [6.45, 7) is 3.85. The van der Waals surface area contributed by atoms with Gasteiger partial charge in [0.2, 0.25) is 9.67 Å². The molecule has 0 bridgehead atoms. The third-order valence-corrected chi connectivity index (χ3v) is 7.65. The maximum atomic E-state index is 12.5. The minimum Gasteiger partial charge on any atom is -0.428 e. The van der Waals surface area contributed by atoms with Crippen LogP contribution in [0.4, 0.5) is 0 Å². The molecule has 0 aromatic carbocycles. The minimum atomic E-state index is -1.52. The van der Waals surface area contributed by atoms with E-state index in [1.807, 2.05) is 0 Å². The molecule has 1 amide bonds. The quantitative estimate of drug-likeness (QED) is 0.205. The topological polar surface area (TPSA) is 90.0 Å². The van der Waals surface area contributed by atoms with Gasteiger partial charge in [0, 0.05) is 6.92 Å². The van der Waals surface area contributed by atoms with Crippen LogP contribution in [0.5, 0.6) is 0 Å². The Hall–Kier alpha value is -0.420. The molecular weight excluding hydrogens is 437 g/mol. The van der Waals surface area contributed by atoms with Gasteiger partial charge in [-0.05, 0) is 36.4 Å². The molecule has 2 saturated heterocycles. The molecule has 0 aromatic rings. The highest BCUT2D eigenvalue weighted by molar-refractivity contribution is 14.1. The largest absolute Gasteiger partial charge is 0.428 e. The molecule has 10 heteroatoms. The van der Waals surface area contributed by atoms with Gasteiger partial charge >= 0.3 is 11.9 Å². The Morgan fingerprint density at radius 2 is 2.00 bits per heavy atom. The number of rotatable bonds is 3. The number of carbonyl (C=O) groups excluding carboxylic acids is 3. The van der Waals surface area contributed by atoms with Crippen molar-refractivity contribution >= 4 is 62.8 Å². The predicted molar refractivity (Wildman–Crippen MR) is 82.0 cm³/mol. The van der Waals surface area contributed by atoms with Crippen LogP contribution in [-0.4, -0.2) is 52.8 Å². The molecule has 4 atom stereocenters. The van der Waals surface area contributed by atoms with E-state index in [4.69, 9.17) is 16.3 Å². The van der Waals surface area contributed by atoms with Crippen LogP contribution in [-0.2, 0) is 34.7 Å². The number of β-lactam (4-membered cyclic amide) rings is 1. The van der Waals surface area contributed by atoms with E-state index in [2.05, 4.69) is 4.74 Å². The molecule has 2 rings (SSSR count). The Kier molecular flexibility index (Phi) is 4.31. The highest BCUT2D eigenvalue weighted by Crippen LogP contribution is 2.54. The fourth-order valence-corrected chi connectivity index (χ4v) is 5.88. The summed E-state index contributed by atoms with van der Waals surface area (Å²) in [5, 5.41) is -0.742. The number of hydrogen-bond donors (Lipinski definition) is 0. The zero-order valence-corrected chi connectivity index (χ0v) is 15.2. The van der Waals surface area contributed by atoms with Crippen LogP contribution in [0.2, 0.25) is 0 Å². The van der Waals surface area contributed by atoms with E-state index in [1.165, 1.54) is 11.8 Å². The summed E-state index contributed by atoms with van der Waals surface area (Å²) >= 11 is 7.81. The van der Waals surface area contributed by atoms with Gasteiger partial charge in [-0.1, -0.05) is 11.6 Å².